The van der Waals surface area contributed by atoms with E-state index in [1.165, 1.54) is 4.90 Å². The molecule has 1 heterocycles. The third-order valence-electron chi connectivity index (χ3n) is 3.53. The summed E-state index contributed by atoms with van der Waals surface area (Å²) in [5.74, 6) is -0.112. The van der Waals surface area contributed by atoms with E-state index in [1.807, 2.05) is 18.4 Å². The van der Waals surface area contributed by atoms with E-state index in [0.717, 1.165) is 18.0 Å². The number of nitrogens with zero attached hydrogens (tertiary/aromatic N) is 2. The molecule has 2 amide bonds. The van der Waals surface area contributed by atoms with Gasteiger partial charge < -0.3 is 15.1 Å². The Kier molecular flexibility index (Phi) is 7.72. The van der Waals surface area contributed by atoms with Gasteiger partial charge in [0.1, 0.15) is 0 Å². The lowest BCUT2D eigenvalue weighted by Gasteiger charge is -2.29. The highest BCUT2D eigenvalue weighted by Crippen LogP contribution is 2.15. The molecular formula is C15H22ClN3O2S. The van der Waals surface area contributed by atoms with Gasteiger partial charge in [-0.05, 0) is 30.5 Å². The second kappa shape index (κ2) is 9.02. The van der Waals surface area contributed by atoms with Crippen LogP contribution in [0, 0.1) is 0 Å². The maximum Gasteiger partial charge on any atom is 0.254 e. The number of hydrogen-bond acceptors (Lipinski definition) is 4. The van der Waals surface area contributed by atoms with Gasteiger partial charge in [-0.25, -0.2) is 0 Å². The molecule has 0 bridgehead atoms. The van der Waals surface area contributed by atoms with Crippen LogP contribution in [0.4, 0.5) is 0 Å². The second-order valence-electron chi connectivity index (χ2n) is 5.02. The fourth-order valence-electron chi connectivity index (χ4n) is 2.24. The molecule has 1 aliphatic rings. The molecule has 0 aromatic heterocycles. The number of piperazine rings is 1. The minimum Gasteiger partial charge on any atom is -0.339 e. The standard InChI is InChI=1S/C15H21N3O2S.ClH/c1-17(11-14(19)18-9-7-16-8-10-18)15(20)12-3-5-13(21-2)6-4-12;/h3-6,16H,7-11H2,1-2H3;1H. The predicted molar refractivity (Wildman–Crippen MR) is 91.9 cm³/mol. The van der Waals surface area contributed by atoms with E-state index in [9.17, 15) is 9.59 Å². The van der Waals surface area contributed by atoms with Crippen molar-refractivity contribution in [3.05, 3.63) is 29.8 Å². The molecule has 0 saturated carbocycles. The van der Waals surface area contributed by atoms with Crippen LogP contribution < -0.4 is 5.32 Å². The molecule has 1 aliphatic heterocycles. The minimum atomic E-state index is -0.119. The van der Waals surface area contributed by atoms with E-state index >= 15 is 0 Å². The number of rotatable bonds is 4. The summed E-state index contributed by atoms with van der Waals surface area (Å²) in [7, 11) is 1.67. The fraction of sp³-hybridized carbons (Fsp3) is 0.467. The van der Waals surface area contributed by atoms with E-state index < -0.39 is 0 Å². The Morgan fingerprint density at radius 3 is 2.36 bits per heavy atom. The number of carbonyl (C=O) groups is 2. The molecule has 0 radical (unpaired) electrons. The molecule has 1 N–H and O–H groups in total. The van der Waals surface area contributed by atoms with Crippen LogP contribution in [0.2, 0.25) is 0 Å². The topological polar surface area (TPSA) is 52.7 Å². The molecule has 22 heavy (non-hydrogen) atoms. The van der Waals surface area contributed by atoms with Crippen molar-refractivity contribution in [1.29, 1.82) is 0 Å². The summed E-state index contributed by atoms with van der Waals surface area (Å²) in [6.45, 7) is 3.19. The van der Waals surface area contributed by atoms with Crippen LogP contribution >= 0.6 is 24.2 Å². The van der Waals surface area contributed by atoms with Crippen molar-refractivity contribution in [2.75, 3.05) is 46.0 Å². The summed E-state index contributed by atoms with van der Waals surface area (Å²) in [5, 5.41) is 3.21. The lowest BCUT2D eigenvalue weighted by Crippen LogP contribution is -2.49. The summed E-state index contributed by atoms with van der Waals surface area (Å²) in [4.78, 5) is 28.8. The normalized spacial score (nSPS) is 14.2. The highest BCUT2D eigenvalue weighted by atomic mass is 35.5. The van der Waals surface area contributed by atoms with Gasteiger partial charge in [0.15, 0.2) is 0 Å². The van der Waals surface area contributed by atoms with Gasteiger partial charge in [0.2, 0.25) is 5.91 Å². The number of halogens is 1. The average molecular weight is 344 g/mol. The van der Waals surface area contributed by atoms with Gasteiger partial charge in [0.25, 0.3) is 5.91 Å². The molecule has 0 aliphatic carbocycles. The third kappa shape index (κ3) is 4.90. The Morgan fingerprint density at radius 1 is 1.23 bits per heavy atom. The molecular weight excluding hydrogens is 322 g/mol. The summed E-state index contributed by atoms with van der Waals surface area (Å²) in [6.07, 6.45) is 2.00. The first-order chi connectivity index (χ1) is 10.1. The lowest BCUT2D eigenvalue weighted by molar-refractivity contribution is -0.132. The van der Waals surface area contributed by atoms with Crippen molar-refractivity contribution in [3.63, 3.8) is 0 Å². The molecule has 2 rings (SSSR count). The van der Waals surface area contributed by atoms with E-state index in [-0.39, 0.29) is 30.8 Å². The Labute approximate surface area is 141 Å². The van der Waals surface area contributed by atoms with Crippen molar-refractivity contribution in [1.82, 2.24) is 15.1 Å². The lowest BCUT2D eigenvalue weighted by atomic mass is 10.2. The third-order valence-corrected chi connectivity index (χ3v) is 4.27. The molecule has 7 heteroatoms. The monoisotopic (exact) mass is 343 g/mol. The average Bonchev–Trinajstić information content (AvgIpc) is 2.55. The maximum atomic E-state index is 12.3. The van der Waals surface area contributed by atoms with E-state index in [1.54, 1.807) is 35.8 Å². The van der Waals surface area contributed by atoms with E-state index in [2.05, 4.69) is 5.32 Å². The fourth-order valence-corrected chi connectivity index (χ4v) is 2.65. The Morgan fingerprint density at radius 2 is 1.82 bits per heavy atom. The van der Waals surface area contributed by atoms with Gasteiger partial charge in [-0.2, -0.15) is 0 Å². The number of amides is 2. The smallest absolute Gasteiger partial charge is 0.254 e. The van der Waals surface area contributed by atoms with E-state index in [4.69, 9.17) is 0 Å². The van der Waals surface area contributed by atoms with Crippen LogP contribution in [-0.4, -0.2) is 67.6 Å². The van der Waals surface area contributed by atoms with Gasteiger partial charge in [-0.1, -0.05) is 0 Å². The van der Waals surface area contributed by atoms with Crippen LogP contribution in [0.1, 0.15) is 10.4 Å². The molecule has 0 spiro atoms. The summed E-state index contributed by atoms with van der Waals surface area (Å²) >= 11 is 1.64. The maximum absolute atomic E-state index is 12.3. The van der Waals surface area contributed by atoms with Gasteiger partial charge in [-0.15, -0.1) is 24.2 Å². The summed E-state index contributed by atoms with van der Waals surface area (Å²) in [5.41, 5.74) is 0.614. The van der Waals surface area contributed by atoms with Crippen molar-refractivity contribution < 1.29 is 9.59 Å². The molecule has 1 aromatic carbocycles. The Balaban J connectivity index is 0.00000242. The van der Waals surface area contributed by atoms with Gasteiger partial charge in [0, 0.05) is 43.7 Å². The van der Waals surface area contributed by atoms with Crippen LogP contribution in [0.5, 0.6) is 0 Å². The zero-order chi connectivity index (χ0) is 15.2. The summed E-state index contributed by atoms with van der Waals surface area (Å²) < 4.78 is 0. The number of benzene rings is 1. The molecule has 1 fully saturated rings. The quantitative estimate of drug-likeness (QED) is 0.838. The number of thioether (sulfide) groups is 1. The summed E-state index contributed by atoms with van der Waals surface area (Å²) in [6, 6.07) is 7.45. The second-order valence-corrected chi connectivity index (χ2v) is 5.90. The first-order valence-corrected chi connectivity index (χ1v) is 8.22. The van der Waals surface area contributed by atoms with Crippen LogP contribution in [0.25, 0.3) is 0 Å². The SMILES string of the molecule is CSc1ccc(C(=O)N(C)CC(=O)N2CCNCC2)cc1.Cl. The van der Waals surface area contributed by atoms with Crippen molar-refractivity contribution in [3.8, 4) is 0 Å². The van der Waals surface area contributed by atoms with Gasteiger partial charge in [0.05, 0.1) is 6.54 Å². The van der Waals surface area contributed by atoms with Crippen molar-refractivity contribution in [2.45, 2.75) is 4.90 Å². The number of nitrogens with one attached hydrogen (secondary N) is 1. The van der Waals surface area contributed by atoms with E-state index in [0.29, 0.717) is 18.7 Å². The number of likely N-dealkylation sites (N-methyl/N-ethyl adjacent to an activating group) is 1. The predicted octanol–water partition coefficient (Wildman–Crippen LogP) is 1.33. The minimum absolute atomic E-state index is 0. The highest BCUT2D eigenvalue weighted by Gasteiger charge is 2.20. The molecule has 0 unspecified atom stereocenters. The molecule has 122 valence electrons. The zero-order valence-electron chi connectivity index (χ0n) is 12.9. The Hall–Kier alpha value is -1.24. The van der Waals surface area contributed by atoms with Crippen LogP contribution in [-0.2, 0) is 4.79 Å². The van der Waals surface area contributed by atoms with Crippen LogP contribution in [0.3, 0.4) is 0 Å². The molecule has 1 saturated heterocycles. The Bertz CT molecular complexity index is 504. The molecule has 1 aromatic rings. The first kappa shape index (κ1) is 18.8. The first-order valence-electron chi connectivity index (χ1n) is 7.00. The largest absolute Gasteiger partial charge is 0.339 e. The van der Waals surface area contributed by atoms with Crippen molar-refractivity contribution in [2.24, 2.45) is 0 Å². The molecule has 5 nitrogen and oxygen atoms in total. The van der Waals surface area contributed by atoms with Gasteiger partial charge in [-0.3, -0.25) is 9.59 Å². The number of carbonyl (C=O) groups excluding carboxylic acids is 2. The molecule has 0 atom stereocenters. The highest BCUT2D eigenvalue weighted by molar-refractivity contribution is 7.98. The van der Waals surface area contributed by atoms with Crippen LogP contribution in [0.15, 0.2) is 29.2 Å². The zero-order valence-corrected chi connectivity index (χ0v) is 14.5. The number of hydrogen-bond donors (Lipinski definition) is 1. The van der Waals surface area contributed by atoms with Crippen molar-refractivity contribution >= 4 is 36.0 Å². The van der Waals surface area contributed by atoms with Gasteiger partial charge >= 0.3 is 0 Å².